The van der Waals surface area contributed by atoms with E-state index in [4.69, 9.17) is 11.5 Å². The summed E-state index contributed by atoms with van der Waals surface area (Å²) in [6.45, 7) is 7.25. The molecule has 6 heteroatoms. The van der Waals surface area contributed by atoms with Crippen LogP contribution in [0.4, 0.5) is 0 Å². The Balaban J connectivity index is 0. The molecule has 0 saturated heterocycles. The molecule has 17 heavy (non-hydrogen) atoms. The maximum Gasteiger partial charge on any atom is 0.0375 e. The molecule has 0 amide bonds. The molecular formula is C11H28N2O2S2. The zero-order chi connectivity index (χ0) is 13.9. The van der Waals surface area contributed by atoms with Crippen molar-refractivity contribution in [2.75, 3.05) is 30.9 Å². The molecule has 2 unspecified atom stereocenters. The molecule has 0 rings (SSSR count). The normalized spacial score (nSPS) is 14.7. The van der Waals surface area contributed by atoms with Crippen molar-refractivity contribution in [1.29, 1.82) is 0 Å². The van der Waals surface area contributed by atoms with Gasteiger partial charge >= 0.3 is 0 Å². The van der Waals surface area contributed by atoms with Gasteiger partial charge in [-0.1, -0.05) is 0 Å². The van der Waals surface area contributed by atoms with Crippen molar-refractivity contribution in [2.45, 2.75) is 38.4 Å². The molecule has 0 aliphatic rings. The summed E-state index contributed by atoms with van der Waals surface area (Å²) in [6, 6.07) is 0. The lowest BCUT2D eigenvalue weighted by Crippen LogP contribution is -2.24. The molecule has 2 atom stereocenters. The lowest BCUT2D eigenvalue weighted by atomic mass is 10.3. The van der Waals surface area contributed by atoms with Crippen LogP contribution in [0.5, 0.6) is 0 Å². The summed E-state index contributed by atoms with van der Waals surface area (Å²) in [5.41, 5.74) is 10.4. The van der Waals surface area contributed by atoms with Crippen LogP contribution in [-0.2, 0) is 21.6 Å². The first kappa shape index (κ1) is 19.6. The molecular weight excluding hydrogens is 256 g/mol. The van der Waals surface area contributed by atoms with Crippen molar-refractivity contribution in [3.63, 3.8) is 0 Å². The van der Waals surface area contributed by atoms with Crippen molar-refractivity contribution in [1.82, 2.24) is 0 Å². The third kappa shape index (κ3) is 16.2. The van der Waals surface area contributed by atoms with E-state index in [2.05, 4.69) is 0 Å². The van der Waals surface area contributed by atoms with Gasteiger partial charge in [-0.05, 0) is 46.7 Å². The highest BCUT2D eigenvalue weighted by Gasteiger charge is 2.17. The minimum absolute atomic E-state index is 0.0742. The predicted molar refractivity (Wildman–Crippen MR) is 79.0 cm³/mol. The molecule has 0 heterocycles. The average Bonchev–Trinajstić information content (AvgIpc) is 2.22. The van der Waals surface area contributed by atoms with E-state index in [1.54, 1.807) is 6.26 Å². The van der Waals surface area contributed by atoms with Crippen LogP contribution in [0, 0.1) is 0 Å². The fraction of sp³-hybridized carbons (Fsp3) is 1.00. The number of hydrogen-bond acceptors (Lipinski definition) is 4. The molecule has 4 nitrogen and oxygen atoms in total. The zero-order valence-electron chi connectivity index (χ0n) is 11.5. The van der Waals surface area contributed by atoms with Crippen LogP contribution >= 0.6 is 0 Å². The molecule has 0 spiro atoms. The summed E-state index contributed by atoms with van der Waals surface area (Å²) in [4.78, 5) is 0. The highest BCUT2D eigenvalue weighted by Crippen LogP contribution is 2.11. The minimum atomic E-state index is -0.717. The molecule has 4 N–H and O–H groups in total. The summed E-state index contributed by atoms with van der Waals surface area (Å²) < 4.78 is 21.5. The topological polar surface area (TPSA) is 86.2 Å². The Hall–Kier alpha value is 0.220. The molecule has 0 aromatic heterocycles. The standard InChI is InChI=1S/C7H17NOS.C4H11NOS/c1-7(2,3)10(9)6-4-5-8;1-7(6)4-2-3-5/h4-6,8H2,1-3H3;2-5H2,1H3. The van der Waals surface area contributed by atoms with Crippen LogP contribution < -0.4 is 11.5 Å². The van der Waals surface area contributed by atoms with Crippen LogP contribution in [0.1, 0.15) is 33.6 Å². The highest BCUT2D eigenvalue weighted by atomic mass is 32.2. The summed E-state index contributed by atoms with van der Waals surface area (Å²) >= 11 is 0. The predicted octanol–water partition coefficient (Wildman–Crippen LogP) is 0.596. The van der Waals surface area contributed by atoms with Gasteiger partial charge in [0.25, 0.3) is 0 Å². The van der Waals surface area contributed by atoms with Gasteiger partial charge in [0.2, 0.25) is 0 Å². The summed E-state index contributed by atoms with van der Waals surface area (Å²) in [6.07, 6.45) is 3.43. The first-order chi connectivity index (χ1) is 7.75. The maximum absolute atomic E-state index is 11.3. The molecule has 0 radical (unpaired) electrons. The van der Waals surface area contributed by atoms with E-state index in [1.807, 2.05) is 20.8 Å². The third-order valence-corrected chi connectivity index (χ3v) is 4.74. The first-order valence-corrected chi connectivity index (χ1v) is 8.89. The second kappa shape index (κ2) is 11.3. The van der Waals surface area contributed by atoms with Gasteiger partial charge in [-0.3, -0.25) is 8.42 Å². The number of hydrogen-bond donors (Lipinski definition) is 2. The van der Waals surface area contributed by atoms with Crippen LogP contribution in [0.3, 0.4) is 0 Å². The Morgan fingerprint density at radius 1 is 0.941 bits per heavy atom. The maximum atomic E-state index is 11.3. The Morgan fingerprint density at radius 2 is 1.35 bits per heavy atom. The van der Waals surface area contributed by atoms with E-state index in [-0.39, 0.29) is 4.75 Å². The Morgan fingerprint density at radius 3 is 1.59 bits per heavy atom. The molecule has 0 aromatic carbocycles. The monoisotopic (exact) mass is 284 g/mol. The Kier molecular flexibility index (Phi) is 13.0. The first-order valence-electron chi connectivity index (χ1n) is 5.84. The third-order valence-electron chi connectivity index (χ3n) is 1.85. The minimum Gasteiger partial charge on any atom is -0.330 e. The molecule has 0 saturated carbocycles. The van der Waals surface area contributed by atoms with Gasteiger partial charge < -0.3 is 11.5 Å². The molecule has 0 fully saturated rings. The average molecular weight is 284 g/mol. The smallest absolute Gasteiger partial charge is 0.0375 e. The van der Waals surface area contributed by atoms with Crippen molar-refractivity contribution in [3.05, 3.63) is 0 Å². The van der Waals surface area contributed by atoms with Crippen molar-refractivity contribution < 1.29 is 8.42 Å². The van der Waals surface area contributed by atoms with Crippen LogP contribution in [0.15, 0.2) is 0 Å². The van der Waals surface area contributed by atoms with Crippen LogP contribution in [0.2, 0.25) is 0 Å². The van der Waals surface area contributed by atoms with E-state index in [9.17, 15) is 8.42 Å². The summed E-state index contributed by atoms with van der Waals surface area (Å²) in [7, 11) is -1.36. The van der Waals surface area contributed by atoms with Crippen molar-refractivity contribution in [2.24, 2.45) is 11.5 Å². The second-order valence-corrected chi connectivity index (χ2v) is 8.60. The molecule has 0 aromatic rings. The summed E-state index contributed by atoms with van der Waals surface area (Å²) in [5, 5.41) is 0. The Labute approximate surface area is 111 Å². The fourth-order valence-electron chi connectivity index (χ4n) is 0.807. The Bertz CT molecular complexity index is 228. The van der Waals surface area contributed by atoms with Gasteiger partial charge in [0, 0.05) is 44.1 Å². The SMILES string of the molecule is CC(C)(C)S(=O)CCCN.CS(=O)CCCN. The molecule has 0 aliphatic heterocycles. The van der Waals surface area contributed by atoms with E-state index in [1.165, 1.54) is 0 Å². The van der Waals surface area contributed by atoms with Crippen molar-refractivity contribution >= 4 is 21.6 Å². The van der Waals surface area contributed by atoms with E-state index in [0.29, 0.717) is 13.1 Å². The zero-order valence-corrected chi connectivity index (χ0v) is 13.2. The van der Waals surface area contributed by atoms with Gasteiger partial charge in [0.1, 0.15) is 0 Å². The second-order valence-electron chi connectivity index (χ2n) is 4.72. The van der Waals surface area contributed by atoms with E-state index in [0.717, 1.165) is 24.3 Å². The number of rotatable bonds is 6. The molecule has 0 bridgehead atoms. The van der Waals surface area contributed by atoms with E-state index >= 15 is 0 Å². The lowest BCUT2D eigenvalue weighted by molar-refractivity contribution is 0.646. The molecule has 0 aliphatic carbocycles. The largest absolute Gasteiger partial charge is 0.330 e. The van der Waals surface area contributed by atoms with Crippen LogP contribution in [-0.4, -0.2) is 44.0 Å². The fourth-order valence-corrected chi connectivity index (χ4v) is 2.42. The van der Waals surface area contributed by atoms with Crippen molar-refractivity contribution in [3.8, 4) is 0 Å². The highest BCUT2D eigenvalue weighted by molar-refractivity contribution is 7.86. The van der Waals surface area contributed by atoms with Gasteiger partial charge in [-0.25, -0.2) is 0 Å². The van der Waals surface area contributed by atoms with Gasteiger partial charge in [-0.2, -0.15) is 0 Å². The number of nitrogens with two attached hydrogens (primary N) is 2. The van der Waals surface area contributed by atoms with Gasteiger partial charge in [-0.15, -0.1) is 0 Å². The van der Waals surface area contributed by atoms with Crippen LogP contribution in [0.25, 0.3) is 0 Å². The summed E-state index contributed by atoms with van der Waals surface area (Å²) in [5.74, 6) is 1.48. The van der Waals surface area contributed by atoms with E-state index < -0.39 is 21.6 Å². The van der Waals surface area contributed by atoms with Gasteiger partial charge in [0.15, 0.2) is 0 Å². The quantitative estimate of drug-likeness (QED) is 0.747. The molecule has 106 valence electrons. The van der Waals surface area contributed by atoms with Gasteiger partial charge in [0.05, 0.1) is 0 Å². The lowest BCUT2D eigenvalue weighted by Gasteiger charge is -2.16.